The van der Waals surface area contributed by atoms with E-state index in [1.54, 1.807) is 0 Å². The van der Waals surface area contributed by atoms with E-state index in [4.69, 9.17) is 4.98 Å². The fourth-order valence-electron chi connectivity index (χ4n) is 4.03. The zero-order chi connectivity index (χ0) is 18.2. The maximum absolute atomic E-state index is 13.9. The zero-order valence-corrected chi connectivity index (χ0v) is 15.1. The van der Waals surface area contributed by atoms with Crippen molar-refractivity contribution < 1.29 is 4.39 Å². The van der Waals surface area contributed by atoms with Gasteiger partial charge in [-0.15, -0.1) is 0 Å². The highest BCUT2D eigenvalue weighted by Gasteiger charge is 2.28. The summed E-state index contributed by atoms with van der Waals surface area (Å²) in [5.74, 6) is 1.64. The Balaban J connectivity index is 1.69. The van der Waals surface area contributed by atoms with Gasteiger partial charge in [0.15, 0.2) is 0 Å². The Kier molecular flexibility index (Phi) is 4.13. The molecule has 1 saturated heterocycles. The molecule has 2 aliphatic heterocycles. The summed E-state index contributed by atoms with van der Waals surface area (Å²) >= 11 is 0. The van der Waals surface area contributed by atoms with E-state index < -0.39 is 6.17 Å². The summed E-state index contributed by atoms with van der Waals surface area (Å²) in [7, 11) is 0. The van der Waals surface area contributed by atoms with Crippen LogP contribution in [0.4, 0.5) is 10.2 Å². The summed E-state index contributed by atoms with van der Waals surface area (Å²) in [5.41, 5.74) is 5.39. The number of anilines is 1. The molecule has 4 heterocycles. The normalized spacial score (nSPS) is 19.3. The van der Waals surface area contributed by atoms with Gasteiger partial charge in [0, 0.05) is 32.3 Å². The number of pyridine rings is 1. The highest BCUT2D eigenvalue weighted by Crippen LogP contribution is 2.38. The average Bonchev–Trinajstić information content (AvgIpc) is 3.34. The molecule has 0 saturated carbocycles. The van der Waals surface area contributed by atoms with Crippen LogP contribution < -0.4 is 10.2 Å². The molecule has 0 radical (unpaired) electrons. The van der Waals surface area contributed by atoms with Crippen LogP contribution >= 0.6 is 0 Å². The second-order valence-corrected chi connectivity index (χ2v) is 7.19. The quantitative estimate of drug-likeness (QED) is 0.749. The predicted octanol–water partition coefficient (Wildman–Crippen LogP) is 3.33. The second kappa shape index (κ2) is 6.78. The largest absolute Gasteiger partial charge is 0.353 e. The fourth-order valence-corrected chi connectivity index (χ4v) is 4.03. The number of alkyl halides is 1. The molecular weight excluding hydrogens is 341 g/mol. The summed E-state index contributed by atoms with van der Waals surface area (Å²) in [4.78, 5) is 15.1. The lowest BCUT2D eigenvalue weighted by Crippen LogP contribution is -2.23. The molecule has 0 spiro atoms. The van der Waals surface area contributed by atoms with Crippen molar-refractivity contribution in [3.63, 3.8) is 0 Å². The lowest BCUT2D eigenvalue weighted by Gasteiger charge is -2.21. The fraction of sp³-hybridized carbons (Fsp3) is 0.333. The van der Waals surface area contributed by atoms with Crippen molar-refractivity contribution in [2.45, 2.75) is 25.6 Å². The average molecular weight is 363 g/mol. The van der Waals surface area contributed by atoms with Crippen molar-refractivity contribution in [3.8, 4) is 22.5 Å². The maximum atomic E-state index is 13.9. The lowest BCUT2D eigenvalue weighted by molar-refractivity contribution is 0.364. The molecule has 2 N–H and O–H groups in total. The Morgan fingerprint density at radius 3 is 2.81 bits per heavy atom. The van der Waals surface area contributed by atoms with E-state index in [0.717, 1.165) is 59.2 Å². The van der Waals surface area contributed by atoms with E-state index in [9.17, 15) is 4.39 Å². The van der Waals surface area contributed by atoms with E-state index >= 15 is 0 Å². The van der Waals surface area contributed by atoms with Crippen molar-refractivity contribution in [2.75, 3.05) is 24.5 Å². The van der Waals surface area contributed by atoms with Crippen LogP contribution in [0.2, 0.25) is 0 Å². The summed E-state index contributed by atoms with van der Waals surface area (Å²) < 4.78 is 13.9. The number of aromatic nitrogens is 3. The molecule has 2 aromatic heterocycles. The first kappa shape index (κ1) is 16.4. The van der Waals surface area contributed by atoms with Gasteiger partial charge in [0.2, 0.25) is 0 Å². The number of aromatic amines is 1. The van der Waals surface area contributed by atoms with E-state index in [1.165, 1.54) is 0 Å². The first-order chi connectivity index (χ1) is 13.3. The number of halogens is 1. The molecule has 5 rings (SSSR count). The van der Waals surface area contributed by atoms with E-state index in [0.29, 0.717) is 19.5 Å². The van der Waals surface area contributed by atoms with Gasteiger partial charge in [0.1, 0.15) is 17.8 Å². The predicted molar refractivity (Wildman–Crippen MR) is 104 cm³/mol. The number of benzene rings is 1. The number of fused-ring (bicyclic) bond motifs is 1. The first-order valence-corrected chi connectivity index (χ1v) is 9.52. The van der Waals surface area contributed by atoms with Gasteiger partial charge in [0.25, 0.3) is 0 Å². The highest BCUT2D eigenvalue weighted by molar-refractivity contribution is 5.88. The van der Waals surface area contributed by atoms with Gasteiger partial charge in [-0.1, -0.05) is 30.3 Å². The van der Waals surface area contributed by atoms with Crippen molar-refractivity contribution in [1.82, 2.24) is 20.3 Å². The van der Waals surface area contributed by atoms with Gasteiger partial charge < -0.3 is 15.2 Å². The molecule has 27 heavy (non-hydrogen) atoms. The van der Waals surface area contributed by atoms with Crippen LogP contribution in [0.3, 0.4) is 0 Å². The number of nitrogens with one attached hydrogen (secondary N) is 2. The van der Waals surface area contributed by atoms with Crippen LogP contribution in [0.15, 0.2) is 42.6 Å². The number of hydrogen-bond acceptors (Lipinski definition) is 4. The van der Waals surface area contributed by atoms with E-state index in [1.807, 2.05) is 35.4 Å². The minimum Gasteiger partial charge on any atom is -0.353 e. The lowest BCUT2D eigenvalue weighted by atomic mass is 10.00. The summed E-state index contributed by atoms with van der Waals surface area (Å²) in [6, 6.07) is 12.3. The van der Waals surface area contributed by atoms with Crippen LogP contribution in [0.25, 0.3) is 22.5 Å². The molecule has 3 aromatic rings. The molecule has 138 valence electrons. The van der Waals surface area contributed by atoms with Crippen molar-refractivity contribution in [2.24, 2.45) is 0 Å². The van der Waals surface area contributed by atoms with E-state index in [-0.39, 0.29) is 0 Å². The Morgan fingerprint density at radius 1 is 1.15 bits per heavy atom. The third-order valence-corrected chi connectivity index (χ3v) is 5.39. The van der Waals surface area contributed by atoms with Gasteiger partial charge in [-0.3, -0.25) is 0 Å². The molecule has 1 atom stereocenters. The summed E-state index contributed by atoms with van der Waals surface area (Å²) in [5, 5.41) is 3.38. The van der Waals surface area contributed by atoms with Crippen LogP contribution in [-0.2, 0) is 13.0 Å². The van der Waals surface area contributed by atoms with Crippen LogP contribution in [-0.4, -0.2) is 40.8 Å². The Hall–Kier alpha value is -2.73. The number of H-pyrrole nitrogens is 1. The van der Waals surface area contributed by atoms with Crippen molar-refractivity contribution in [3.05, 3.63) is 54.0 Å². The summed E-state index contributed by atoms with van der Waals surface area (Å²) in [6.07, 6.45) is 2.49. The van der Waals surface area contributed by atoms with Crippen molar-refractivity contribution in [1.29, 1.82) is 0 Å². The number of rotatable bonds is 3. The van der Waals surface area contributed by atoms with Gasteiger partial charge in [-0.2, -0.15) is 0 Å². The molecule has 1 aromatic carbocycles. The van der Waals surface area contributed by atoms with Crippen molar-refractivity contribution >= 4 is 5.82 Å². The van der Waals surface area contributed by atoms with Crippen LogP contribution in [0, 0.1) is 0 Å². The van der Waals surface area contributed by atoms with Gasteiger partial charge in [-0.05, 0) is 23.6 Å². The van der Waals surface area contributed by atoms with Crippen LogP contribution in [0.1, 0.15) is 17.8 Å². The minimum atomic E-state index is -0.797. The molecule has 0 aliphatic carbocycles. The third kappa shape index (κ3) is 3.00. The molecule has 1 fully saturated rings. The third-order valence-electron chi connectivity index (χ3n) is 5.39. The van der Waals surface area contributed by atoms with Crippen LogP contribution in [0.5, 0.6) is 0 Å². The zero-order valence-electron chi connectivity index (χ0n) is 15.1. The molecule has 2 aliphatic rings. The topological polar surface area (TPSA) is 56.8 Å². The van der Waals surface area contributed by atoms with E-state index in [2.05, 4.69) is 27.4 Å². The highest BCUT2D eigenvalue weighted by atomic mass is 19.1. The first-order valence-electron chi connectivity index (χ1n) is 9.52. The Bertz CT molecular complexity index is 929. The Labute approximate surface area is 157 Å². The standard InChI is InChI=1S/C21H22FN5/c22-15-8-11-27(13-15)21-19(20-25-17-7-9-23-12-18(17)26-20)16(6-10-24-21)14-4-2-1-3-5-14/h1-6,10,15,23H,7-9,11-13H2,(H,25,26). The van der Waals surface area contributed by atoms with Gasteiger partial charge >= 0.3 is 0 Å². The number of imidazole rings is 1. The SMILES string of the molecule is FC1CCN(c2nccc(-c3ccccc3)c2-c2nc3c([nH]2)CNCC3)C1. The smallest absolute Gasteiger partial charge is 0.142 e. The molecule has 1 unspecified atom stereocenters. The molecule has 6 heteroatoms. The molecule has 0 amide bonds. The monoisotopic (exact) mass is 363 g/mol. The summed E-state index contributed by atoms with van der Waals surface area (Å²) in [6.45, 7) is 2.81. The second-order valence-electron chi connectivity index (χ2n) is 7.19. The minimum absolute atomic E-state index is 0.389. The van der Waals surface area contributed by atoms with Gasteiger partial charge in [0.05, 0.1) is 23.5 Å². The number of nitrogens with zero attached hydrogens (tertiary/aromatic N) is 3. The van der Waals surface area contributed by atoms with Gasteiger partial charge in [-0.25, -0.2) is 14.4 Å². The molecule has 5 nitrogen and oxygen atoms in total. The number of hydrogen-bond donors (Lipinski definition) is 2. The molecule has 0 bridgehead atoms. The Morgan fingerprint density at radius 2 is 2.04 bits per heavy atom. The molecular formula is C21H22FN5. The maximum Gasteiger partial charge on any atom is 0.142 e.